The van der Waals surface area contributed by atoms with Crippen molar-refractivity contribution in [2.45, 2.75) is 18.7 Å². The molecule has 1 rings (SSSR count). The van der Waals surface area contributed by atoms with E-state index in [1.54, 1.807) is 0 Å². The van der Waals surface area contributed by atoms with E-state index in [2.05, 4.69) is 4.74 Å². The van der Waals surface area contributed by atoms with Crippen LogP contribution in [0, 0.1) is 0 Å². The van der Waals surface area contributed by atoms with Gasteiger partial charge in [-0.05, 0) is 24.6 Å². The Morgan fingerprint density at radius 3 is 2.27 bits per heavy atom. The second-order valence-corrected chi connectivity index (χ2v) is 4.24. The minimum atomic E-state index is -4.76. The molecule has 0 saturated carbocycles. The van der Waals surface area contributed by atoms with E-state index in [9.17, 15) is 17.6 Å². The van der Waals surface area contributed by atoms with Crippen LogP contribution in [0.25, 0.3) is 0 Å². The van der Waals surface area contributed by atoms with E-state index < -0.39 is 17.5 Å². The van der Waals surface area contributed by atoms with Crippen LogP contribution in [0.3, 0.4) is 0 Å². The van der Waals surface area contributed by atoms with Gasteiger partial charge in [0.25, 0.3) is 0 Å². The highest BCUT2D eigenvalue weighted by molar-refractivity contribution is 7.18. The lowest BCUT2D eigenvalue weighted by atomic mass is 10.1. The maximum atomic E-state index is 13.4. The molecule has 0 amide bonds. The van der Waals surface area contributed by atoms with Crippen LogP contribution >= 0.6 is 9.24 Å². The lowest BCUT2D eigenvalue weighted by Crippen LogP contribution is -2.17. The summed E-state index contributed by atoms with van der Waals surface area (Å²) in [6.07, 6.45) is -4.76. The van der Waals surface area contributed by atoms with E-state index in [-0.39, 0.29) is 5.56 Å². The molecule has 0 aliphatic carbocycles. The van der Waals surface area contributed by atoms with Crippen LogP contribution < -0.4 is 4.74 Å². The van der Waals surface area contributed by atoms with Crippen molar-refractivity contribution in [1.82, 2.24) is 0 Å². The van der Waals surface area contributed by atoms with Gasteiger partial charge in [-0.3, -0.25) is 0 Å². The fourth-order valence-electron chi connectivity index (χ4n) is 0.997. The maximum absolute atomic E-state index is 13.4. The molecular formula is C9H9F4OP. The van der Waals surface area contributed by atoms with Crippen molar-refractivity contribution in [2.75, 3.05) is 0 Å². The number of hydrogen-bond acceptors (Lipinski definition) is 1. The van der Waals surface area contributed by atoms with E-state index in [1.807, 2.05) is 9.24 Å². The Bertz CT molecular complexity index is 343. The SMILES string of the molecule is CC(F)(P)c1cccc(OC(F)(F)F)c1. The standard InChI is InChI=1S/C9H9F4OP/c1-8(10,15)6-3-2-4-7(5-6)14-9(11,12)13/h2-5H,15H2,1H3. The molecule has 0 fully saturated rings. The average Bonchev–Trinajstić information content (AvgIpc) is 1.99. The number of halogens is 4. The van der Waals surface area contributed by atoms with Gasteiger partial charge >= 0.3 is 6.36 Å². The number of alkyl halides is 4. The molecule has 2 unspecified atom stereocenters. The van der Waals surface area contributed by atoms with Crippen LogP contribution in [0.15, 0.2) is 24.3 Å². The fraction of sp³-hybridized carbons (Fsp3) is 0.333. The third-order valence-electron chi connectivity index (χ3n) is 1.63. The first-order valence-corrected chi connectivity index (χ1v) is 4.60. The molecule has 0 N–H and O–H groups in total. The van der Waals surface area contributed by atoms with E-state index in [1.165, 1.54) is 19.1 Å². The van der Waals surface area contributed by atoms with Crippen molar-refractivity contribution in [3.05, 3.63) is 29.8 Å². The third-order valence-corrected chi connectivity index (χ3v) is 1.97. The molecule has 0 radical (unpaired) electrons. The number of rotatable bonds is 2. The van der Waals surface area contributed by atoms with Crippen molar-refractivity contribution >= 4 is 9.24 Å². The molecule has 0 spiro atoms. The van der Waals surface area contributed by atoms with Crippen molar-refractivity contribution in [2.24, 2.45) is 0 Å². The summed E-state index contributed by atoms with van der Waals surface area (Å²) in [5.41, 5.74) is 0.106. The zero-order valence-corrected chi connectivity index (χ0v) is 8.96. The first kappa shape index (κ1) is 12.2. The first-order chi connectivity index (χ1) is 6.68. The summed E-state index contributed by atoms with van der Waals surface area (Å²) in [7, 11) is 1.90. The van der Waals surface area contributed by atoms with Gasteiger partial charge in [0.05, 0.1) is 0 Å². The van der Waals surface area contributed by atoms with Crippen molar-refractivity contribution < 1.29 is 22.3 Å². The summed E-state index contributed by atoms with van der Waals surface area (Å²) in [4.78, 5) is 0. The normalized spacial score (nSPS) is 15.9. The van der Waals surface area contributed by atoms with Gasteiger partial charge < -0.3 is 4.74 Å². The summed E-state index contributed by atoms with van der Waals surface area (Å²) < 4.78 is 52.6. The van der Waals surface area contributed by atoms with Crippen LogP contribution in [0.2, 0.25) is 0 Å². The Morgan fingerprint density at radius 1 is 1.20 bits per heavy atom. The Morgan fingerprint density at radius 2 is 1.80 bits per heavy atom. The van der Waals surface area contributed by atoms with Gasteiger partial charge in [0.15, 0.2) is 0 Å². The number of ether oxygens (including phenoxy) is 1. The van der Waals surface area contributed by atoms with Gasteiger partial charge in [-0.15, -0.1) is 13.2 Å². The monoisotopic (exact) mass is 240 g/mol. The molecule has 0 aliphatic heterocycles. The molecular weight excluding hydrogens is 231 g/mol. The predicted octanol–water partition coefficient (Wildman–Crippen LogP) is 3.60. The summed E-state index contributed by atoms with van der Waals surface area (Å²) in [6.45, 7) is 1.23. The van der Waals surface area contributed by atoms with Gasteiger partial charge in [-0.1, -0.05) is 21.4 Å². The fourth-order valence-corrected chi connectivity index (χ4v) is 1.18. The Hall–Kier alpha value is -0.830. The van der Waals surface area contributed by atoms with E-state index in [4.69, 9.17) is 0 Å². The molecule has 1 aromatic carbocycles. The maximum Gasteiger partial charge on any atom is 0.573 e. The van der Waals surface area contributed by atoms with Gasteiger partial charge in [0.1, 0.15) is 11.2 Å². The minimum absolute atomic E-state index is 0.106. The van der Waals surface area contributed by atoms with Crippen LogP contribution in [-0.2, 0) is 5.41 Å². The van der Waals surface area contributed by atoms with Crippen molar-refractivity contribution in [3.63, 3.8) is 0 Å². The average molecular weight is 240 g/mol. The molecule has 0 aromatic heterocycles. The lowest BCUT2D eigenvalue weighted by Gasteiger charge is -2.16. The smallest absolute Gasteiger partial charge is 0.406 e. The van der Waals surface area contributed by atoms with Gasteiger partial charge in [0, 0.05) is 0 Å². The van der Waals surface area contributed by atoms with Crippen LogP contribution in [0.4, 0.5) is 17.6 Å². The molecule has 6 heteroatoms. The molecule has 0 heterocycles. The minimum Gasteiger partial charge on any atom is -0.406 e. The molecule has 1 aromatic rings. The van der Waals surface area contributed by atoms with Crippen LogP contribution in [-0.4, -0.2) is 6.36 Å². The molecule has 84 valence electrons. The second kappa shape index (κ2) is 3.97. The van der Waals surface area contributed by atoms with E-state index in [0.29, 0.717) is 0 Å². The largest absolute Gasteiger partial charge is 0.573 e. The molecule has 0 aliphatic rings. The highest BCUT2D eigenvalue weighted by Gasteiger charge is 2.31. The molecule has 1 nitrogen and oxygen atoms in total. The second-order valence-electron chi connectivity index (χ2n) is 3.15. The van der Waals surface area contributed by atoms with Gasteiger partial charge in [-0.2, -0.15) is 0 Å². The molecule has 2 atom stereocenters. The summed E-state index contributed by atoms with van der Waals surface area (Å²) in [5.74, 6) is -0.425. The van der Waals surface area contributed by atoms with E-state index >= 15 is 0 Å². The summed E-state index contributed by atoms with van der Waals surface area (Å²) in [5, 5.41) is -1.77. The summed E-state index contributed by atoms with van der Waals surface area (Å²) in [6, 6.07) is 4.82. The third kappa shape index (κ3) is 4.04. The topological polar surface area (TPSA) is 9.23 Å². The molecule has 0 saturated heterocycles. The number of benzene rings is 1. The first-order valence-electron chi connectivity index (χ1n) is 4.02. The Kier molecular flexibility index (Phi) is 3.24. The van der Waals surface area contributed by atoms with Crippen LogP contribution in [0.5, 0.6) is 5.75 Å². The predicted molar refractivity (Wildman–Crippen MR) is 51.3 cm³/mol. The Balaban J connectivity index is 2.94. The van der Waals surface area contributed by atoms with Gasteiger partial charge in [0.2, 0.25) is 0 Å². The number of hydrogen-bond donors (Lipinski definition) is 0. The quantitative estimate of drug-likeness (QED) is 0.566. The van der Waals surface area contributed by atoms with E-state index in [0.717, 1.165) is 12.1 Å². The van der Waals surface area contributed by atoms with Crippen LogP contribution in [0.1, 0.15) is 12.5 Å². The van der Waals surface area contributed by atoms with Gasteiger partial charge in [-0.25, -0.2) is 4.39 Å². The Labute approximate surface area is 86.6 Å². The zero-order chi connectivity index (χ0) is 11.7. The zero-order valence-electron chi connectivity index (χ0n) is 7.81. The highest BCUT2D eigenvalue weighted by atomic mass is 31.0. The molecule has 15 heavy (non-hydrogen) atoms. The lowest BCUT2D eigenvalue weighted by molar-refractivity contribution is -0.274. The van der Waals surface area contributed by atoms with Crippen molar-refractivity contribution in [3.8, 4) is 5.75 Å². The molecule has 0 bridgehead atoms. The summed E-state index contributed by atoms with van der Waals surface area (Å²) >= 11 is 0. The van der Waals surface area contributed by atoms with Crippen molar-refractivity contribution in [1.29, 1.82) is 0 Å². The highest BCUT2D eigenvalue weighted by Crippen LogP contribution is 2.35.